The second kappa shape index (κ2) is 4.27. The number of ether oxygens (including phenoxy) is 1. The Bertz CT molecular complexity index is 686. The van der Waals surface area contributed by atoms with E-state index in [1.165, 1.54) is 7.11 Å². The van der Waals surface area contributed by atoms with Gasteiger partial charge in [0.15, 0.2) is 4.96 Å². The van der Waals surface area contributed by atoms with Crippen molar-refractivity contribution in [2.24, 2.45) is 0 Å². The number of imidazole rings is 1. The molecule has 0 N–H and O–H groups in total. The number of benzene rings is 1. The van der Waals surface area contributed by atoms with Gasteiger partial charge in [-0.05, 0) is 12.1 Å². The molecule has 18 heavy (non-hydrogen) atoms. The molecule has 1 aromatic carbocycles. The number of carbonyl (C=O) groups excluding carboxylic acids is 1. The first kappa shape index (κ1) is 11.0. The van der Waals surface area contributed by atoms with Gasteiger partial charge >= 0.3 is 5.97 Å². The van der Waals surface area contributed by atoms with Crippen molar-refractivity contribution in [2.75, 3.05) is 7.11 Å². The molecule has 0 saturated carbocycles. The summed E-state index contributed by atoms with van der Waals surface area (Å²) in [5.41, 5.74) is 2.30. The minimum Gasteiger partial charge on any atom is -0.465 e. The van der Waals surface area contributed by atoms with Crippen molar-refractivity contribution in [3.63, 3.8) is 0 Å². The highest BCUT2D eigenvalue weighted by molar-refractivity contribution is 7.15. The minimum absolute atomic E-state index is 0.335. The molecule has 0 aliphatic heterocycles. The first-order valence-electron chi connectivity index (χ1n) is 5.39. The molecule has 0 radical (unpaired) electrons. The third-order valence-corrected chi connectivity index (χ3v) is 3.44. The van der Waals surface area contributed by atoms with Gasteiger partial charge in [0.25, 0.3) is 0 Å². The SMILES string of the molecule is COC(=O)c1cccc(-c2cn3ccsc3n2)c1. The number of hydrogen-bond acceptors (Lipinski definition) is 4. The summed E-state index contributed by atoms with van der Waals surface area (Å²) < 4.78 is 6.67. The lowest BCUT2D eigenvalue weighted by atomic mass is 10.1. The van der Waals surface area contributed by atoms with Crippen LogP contribution in [-0.4, -0.2) is 22.5 Å². The largest absolute Gasteiger partial charge is 0.465 e. The van der Waals surface area contributed by atoms with Crippen LogP contribution in [0.5, 0.6) is 0 Å². The van der Waals surface area contributed by atoms with E-state index in [4.69, 9.17) is 4.74 Å². The molecule has 0 aliphatic carbocycles. The third-order valence-electron chi connectivity index (χ3n) is 2.67. The number of aromatic nitrogens is 2. The van der Waals surface area contributed by atoms with E-state index in [1.807, 2.05) is 34.3 Å². The first-order valence-corrected chi connectivity index (χ1v) is 6.27. The van der Waals surface area contributed by atoms with Gasteiger partial charge in [-0.1, -0.05) is 12.1 Å². The van der Waals surface area contributed by atoms with Crippen LogP contribution < -0.4 is 0 Å². The smallest absolute Gasteiger partial charge is 0.337 e. The number of hydrogen-bond donors (Lipinski definition) is 0. The summed E-state index contributed by atoms with van der Waals surface area (Å²) in [6.07, 6.45) is 3.91. The monoisotopic (exact) mass is 258 g/mol. The molecular formula is C13H10N2O2S. The van der Waals surface area contributed by atoms with Crippen molar-refractivity contribution in [3.8, 4) is 11.3 Å². The van der Waals surface area contributed by atoms with Crippen LogP contribution >= 0.6 is 11.3 Å². The molecule has 0 atom stereocenters. The number of thiazole rings is 1. The molecule has 2 heterocycles. The second-order valence-electron chi connectivity index (χ2n) is 3.79. The summed E-state index contributed by atoms with van der Waals surface area (Å²) in [4.78, 5) is 16.9. The Morgan fingerprint density at radius 3 is 3.11 bits per heavy atom. The maximum absolute atomic E-state index is 11.5. The summed E-state index contributed by atoms with van der Waals surface area (Å²) >= 11 is 1.58. The highest BCUT2D eigenvalue weighted by Gasteiger charge is 2.09. The average Bonchev–Trinajstić information content (AvgIpc) is 2.98. The van der Waals surface area contributed by atoms with E-state index in [1.54, 1.807) is 23.5 Å². The van der Waals surface area contributed by atoms with E-state index in [-0.39, 0.29) is 5.97 Å². The van der Waals surface area contributed by atoms with E-state index in [0.29, 0.717) is 5.56 Å². The average molecular weight is 258 g/mol. The van der Waals surface area contributed by atoms with E-state index in [0.717, 1.165) is 16.2 Å². The van der Waals surface area contributed by atoms with Crippen LogP contribution in [0.3, 0.4) is 0 Å². The molecule has 90 valence electrons. The summed E-state index contributed by atoms with van der Waals surface area (Å²) in [7, 11) is 1.38. The Morgan fingerprint density at radius 1 is 1.44 bits per heavy atom. The van der Waals surface area contributed by atoms with Crippen LogP contribution in [0.15, 0.2) is 42.0 Å². The van der Waals surface area contributed by atoms with Crippen molar-refractivity contribution in [1.29, 1.82) is 0 Å². The fraction of sp³-hybridized carbons (Fsp3) is 0.0769. The Kier molecular flexibility index (Phi) is 2.60. The molecule has 0 bridgehead atoms. The van der Waals surface area contributed by atoms with Crippen molar-refractivity contribution < 1.29 is 9.53 Å². The van der Waals surface area contributed by atoms with Gasteiger partial charge in [-0.3, -0.25) is 4.40 Å². The van der Waals surface area contributed by atoms with Crippen molar-refractivity contribution in [2.45, 2.75) is 0 Å². The number of esters is 1. The van der Waals surface area contributed by atoms with Crippen LogP contribution in [0.1, 0.15) is 10.4 Å². The Hall–Kier alpha value is -2.14. The van der Waals surface area contributed by atoms with Crippen LogP contribution in [0.25, 0.3) is 16.2 Å². The lowest BCUT2D eigenvalue weighted by Gasteiger charge is -2.01. The number of carbonyl (C=O) groups is 1. The van der Waals surface area contributed by atoms with E-state index in [9.17, 15) is 4.79 Å². The number of rotatable bonds is 2. The van der Waals surface area contributed by atoms with Gasteiger partial charge in [0.1, 0.15) is 0 Å². The number of nitrogens with zero attached hydrogens (tertiary/aromatic N) is 2. The first-order chi connectivity index (χ1) is 8.78. The Morgan fingerprint density at radius 2 is 2.33 bits per heavy atom. The molecule has 3 rings (SSSR count). The summed E-state index contributed by atoms with van der Waals surface area (Å²) in [5.74, 6) is -0.335. The standard InChI is InChI=1S/C13H10N2O2S/c1-17-12(16)10-4-2-3-9(7-10)11-8-15-5-6-18-13(15)14-11/h2-8H,1H3. The summed E-state index contributed by atoms with van der Waals surface area (Å²) in [6, 6.07) is 7.28. The van der Waals surface area contributed by atoms with Gasteiger partial charge in [0, 0.05) is 23.3 Å². The quantitative estimate of drug-likeness (QED) is 0.664. The molecule has 0 saturated heterocycles. The predicted molar refractivity (Wildman–Crippen MR) is 69.8 cm³/mol. The van der Waals surface area contributed by atoms with Gasteiger partial charge in [-0.2, -0.15) is 0 Å². The normalized spacial score (nSPS) is 10.7. The van der Waals surface area contributed by atoms with Gasteiger partial charge in [0.2, 0.25) is 0 Å². The summed E-state index contributed by atoms with van der Waals surface area (Å²) in [6.45, 7) is 0. The third kappa shape index (κ3) is 1.78. The molecule has 3 aromatic rings. The predicted octanol–water partition coefficient (Wildman–Crippen LogP) is 2.85. The van der Waals surface area contributed by atoms with Crippen LogP contribution in [0.2, 0.25) is 0 Å². The fourth-order valence-electron chi connectivity index (χ4n) is 1.79. The number of fused-ring (bicyclic) bond motifs is 1. The Labute approximate surface area is 107 Å². The maximum atomic E-state index is 11.5. The van der Waals surface area contributed by atoms with Gasteiger partial charge in [-0.25, -0.2) is 9.78 Å². The zero-order valence-electron chi connectivity index (χ0n) is 9.66. The van der Waals surface area contributed by atoms with Gasteiger partial charge in [-0.15, -0.1) is 11.3 Å². The van der Waals surface area contributed by atoms with E-state index < -0.39 is 0 Å². The van der Waals surface area contributed by atoms with E-state index in [2.05, 4.69) is 4.98 Å². The molecule has 0 spiro atoms. The molecule has 5 heteroatoms. The highest BCUT2D eigenvalue weighted by Crippen LogP contribution is 2.22. The molecule has 0 unspecified atom stereocenters. The minimum atomic E-state index is -0.335. The zero-order valence-corrected chi connectivity index (χ0v) is 10.5. The van der Waals surface area contributed by atoms with E-state index >= 15 is 0 Å². The zero-order chi connectivity index (χ0) is 12.5. The maximum Gasteiger partial charge on any atom is 0.337 e. The second-order valence-corrected chi connectivity index (χ2v) is 4.66. The van der Waals surface area contributed by atoms with Crippen LogP contribution in [0.4, 0.5) is 0 Å². The van der Waals surface area contributed by atoms with Crippen molar-refractivity contribution >= 4 is 22.3 Å². The molecule has 0 fully saturated rings. The summed E-state index contributed by atoms with van der Waals surface area (Å²) in [5, 5.41) is 1.98. The molecule has 2 aromatic heterocycles. The molecule has 0 aliphatic rings. The van der Waals surface area contributed by atoms with Gasteiger partial charge < -0.3 is 4.74 Å². The lowest BCUT2D eigenvalue weighted by molar-refractivity contribution is 0.0601. The highest BCUT2D eigenvalue weighted by atomic mass is 32.1. The van der Waals surface area contributed by atoms with Gasteiger partial charge in [0.05, 0.1) is 18.4 Å². The van der Waals surface area contributed by atoms with Crippen molar-refractivity contribution in [1.82, 2.24) is 9.38 Å². The van der Waals surface area contributed by atoms with Crippen molar-refractivity contribution in [3.05, 3.63) is 47.6 Å². The Balaban J connectivity index is 2.06. The molecular weight excluding hydrogens is 248 g/mol. The number of methoxy groups -OCH3 is 1. The molecule has 0 amide bonds. The fourth-order valence-corrected chi connectivity index (χ4v) is 2.49. The lowest BCUT2D eigenvalue weighted by Crippen LogP contribution is -2.00. The van der Waals surface area contributed by atoms with Crippen LogP contribution in [0, 0.1) is 0 Å². The van der Waals surface area contributed by atoms with Crippen LogP contribution in [-0.2, 0) is 4.74 Å². The molecule has 4 nitrogen and oxygen atoms in total. The topological polar surface area (TPSA) is 43.6 Å².